The summed E-state index contributed by atoms with van der Waals surface area (Å²) in [5, 5.41) is 6.56. The quantitative estimate of drug-likeness (QED) is 0.806. The zero-order valence-corrected chi connectivity index (χ0v) is 12.6. The topological polar surface area (TPSA) is 65.1 Å². The maximum atomic E-state index is 11.7. The first kappa shape index (κ1) is 14.1. The fourth-order valence-electron chi connectivity index (χ4n) is 2.38. The second-order valence-electron chi connectivity index (χ2n) is 4.77. The van der Waals surface area contributed by atoms with Gasteiger partial charge in [0.25, 0.3) is 0 Å². The van der Waals surface area contributed by atoms with Crippen LogP contribution in [0.25, 0.3) is 10.9 Å². The van der Waals surface area contributed by atoms with Crippen LogP contribution in [0.2, 0.25) is 5.02 Å². The van der Waals surface area contributed by atoms with Crippen molar-refractivity contribution in [2.75, 3.05) is 0 Å². The zero-order valence-electron chi connectivity index (χ0n) is 11.0. The molecule has 2 N–H and O–H groups in total. The lowest BCUT2D eigenvalue weighted by Crippen LogP contribution is -2.11. The Labute approximate surface area is 127 Å². The van der Waals surface area contributed by atoms with Gasteiger partial charge in [0.05, 0.1) is 0 Å². The van der Waals surface area contributed by atoms with Crippen molar-refractivity contribution < 1.29 is 8.42 Å². The molecule has 1 heterocycles. The Morgan fingerprint density at radius 2 is 1.71 bits per heavy atom. The van der Waals surface area contributed by atoms with Gasteiger partial charge in [-0.1, -0.05) is 48.0 Å². The Kier molecular flexibility index (Phi) is 3.49. The summed E-state index contributed by atoms with van der Waals surface area (Å²) in [6.45, 7) is 0.482. The molecule has 0 spiro atoms. The van der Waals surface area contributed by atoms with E-state index in [4.69, 9.17) is 16.7 Å². The molecule has 3 aromatic rings. The molecule has 0 aliphatic rings. The number of benzene rings is 2. The van der Waals surface area contributed by atoms with Crippen molar-refractivity contribution in [1.29, 1.82) is 0 Å². The number of para-hydroxylation sites is 1. The van der Waals surface area contributed by atoms with Gasteiger partial charge in [-0.05, 0) is 17.7 Å². The Morgan fingerprint density at radius 1 is 1.05 bits per heavy atom. The minimum Gasteiger partial charge on any atom is -0.342 e. The predicted octanol–water partition coefficient (Wildman–Crippen LogP) is 2.99. The van der Waals surface area contributed by atoms with E-state index >= 15 is 0 Å². The van der Waals surface area contributed by atoms with Crippen LogP contribution in [0.5, 0.6) is 0 Å². The number of hydrogen-bond acceptors (Lipinski definition) is 2. The number of aromatic nitrogens is 1. The number of halogens is 1. The highest BCUT2D eigenvalue weighted by atomic mass is 35.5. The van der Waals surface area contributed by atoms with E-state index in [1.807, 2.05) is 41.0 Å². The van der Waals surface area contributed by atoms with E-state index < -0.39 is 10.0 Å². The minimum absolute atomic E-state index is 0.130. The molecule has 21 heavy (non-hydrogen) atoms. The monoisotopic (exact) mass is 320 g/mol. The summed E-state index contributed by atoms with van der Waals surface area (Å²) >= 11 is 6.17. The van der Waals surface area contributed by atoms with E-state index in [9.17, 15) is 8.42 Å². The average molecular weight is 321 g/mol. The molecule has 0 aliphatic carbocycles. The molecule has 0 unspecified atom stereocenters. The molecule has 0 atom stereocenters. The van der Waals surface area contributed by atoms with Gasteiger partial charge >= 0.3 is 0 Å². The fraction of sp³-hybridized carbons (Fsp3) is 0.0667. The average Bonchev–Trinajstić information content (AvgIpc) is 2.81. The molecule has 0 saturated carbocycles. The van der Waals surface area contributed by atoms with Gasteiger partial charge in [-0.2, -0.15) is 0 Å². The van der Waals surface area contributed by atoms with Crippen LogP contribution < -0.4 is 5.14 Å². The Hall–Kier alpha value is -1.82. The van der Waals surface area contributed by atoms with Crippen molar-refractivity contribution in [3.05, 3.63) is 65.3 Å². The zero-order chi connectivity index (χ0) is 15.0. The molecule has 3 rings (SSSR count). The summed E-state index contributed by atoms with van der Waals surface area (Å²) in [6, 6.07) is 14.7. The molecule has 0 radical (unpaired) electrons. The number of sulfonamides is 1. The normalized spacial score (nSPS) is 11.9. The molecule has 1 aromatic heterocycles. The van der Waals surface area contributed by atoms with Gasteiger partial charge in [0.2, 0.25) is 10.0 Å². The van der Waals surface area contributed by atoms with E-state index in [1.165, 1.54) is 0 Å². The lowest BCUT2D eigenvalue weighted by molar-refractivity contribution is 0.598. The molecule has 0 saturated heterocycles. The molecule has 108 valence electrons. The summed E-state index contributed by atoms with van der Waals surface area (Å²) < 4.78 is 25.3. The molecule has 6 heteroatoms. The van der Waals surface area contributed by atoms with Gasteiger partial charge in [0.15, 0.2) is 0 Å². The number of nitrogens with zero attached hydrogens (tertiary/aromatic N) is 1. The van der Waals surface area contributed by atoms with Crippen molar-refractivity contribution in [1.82, 2.24) is 4.57 Å². The number of rotatable bonds is 3. The Bertz CT molecular complexity index is 916. The van der Waals surface area contributed by atoms with Crippen LogP contribution in [0.1, 0.15) is 5.56 Å². The summed E-state index contributed by atoms with van der Waals surface area (Å²) in [4.78, 5) is 0.130. The third-order valence-electron chi connectivity index (χ3n) is 3.36. The maximum absolute atomic E-state index is 11.7. The second kappa shape index (κ2) is 5.18. The van der Waals surface area contributed by atoms with Crippen molar-refractivity contribution >= 4 is 32.5 Å². The minimum atomic E-state index is -3.76. The first-order valence-electron chi connectivity index (χ1n) is 6.31. The van der Waals surface area contributed by atoms with Crippen molar-refractivity contribution in [3.8, 4) is 0 Å². The molecular weight excluding hydrogens is 308 g/mol. The van der Waals surface area contributed by atoms with Crippen molar-refractivity contribution in [3.63, 3.8) is 0 Å². The van der Waals surface area contributed by atoms with Crippen LogP contribution in [0.3, 0.4) is 0 Å². The van der Waals surface area contributed by atoms with Gasteiger partial charge in [0, 0.05) is 28.7 Å². The number of nitrogens with two attached hydrogens (primary N) is 1. The largest absolute Gasteiger partial charge is 0.342 e. The van der Waals surface area contributed by atoms with E-state index in [0.29, 0.717) is 17.0 Å². The van der Waals surface area contributed by atoms with Crippen molar-refractivity contribution in [2.45, 2.75) is 11.4 Å². The Morgan fingerprint density at radius 3 is 2.43 bits per heavy atom. The van der Waals surface area contributed by atoms with Crippen LogP contribution in [-0.4, -0.2) is 13.0 Å². The number of fused-ring (bicyclic) bond motifs is 1. The predicted molar refractivity (Wildman–Crippen MR) is 83.9 cm³/mol. The van der Waals surface area contributed by atoms with Gasteiger partial charge in [-0.25, -0.2) is 13.6 Å². The van der Waals surface area contributed by atoms with Gasteiger partial charge in [-0.3, -0.25) is 0 Å². The molecule has 4 nitrogen and oxygen atoms in total. The van der Waals surface area contributed by atoms with Crippen LogP contribution >= 0.6 is 11.6 Å². The van der Waals surface area contributed by atoms with E-state index in [-0.39, 0.29) is 4.90 Å². The highest BCUT2D eigenvalue weighted by Crippen LogP contribution is 2.26. The molecule has 2 aromatic carbocycles. The summed E-state index contributed by atoms with van der Waals surface area (Å²) in [5.41, 5.74) is 1.72. The number of hydrogen-bond donors (Lipinski definition) is 1. The Balaban J connectivity index is 2.18. The van der Waals surface area contributed by atoms with Crippen LogP contribution in [0.15, 0.2) is 59.6 Å². The third kappa shape index (κ3) is 2.68. The fourth-order valence-corrected chi connectivity index (χ4v) is 3.33. The standard InChI is InChI=1S/C15H13ClN2O2S/c16-13-7-3-1-5-11(13)9-18-10-15(21(17,19)20)12-6-2-4-8-14(12)18/h1-8,10H,9H2,(H2,17,19,20). The van der Waals surface area contributed by atoms with Crippen LogP contribution in [-0.2, 0) is 16.6 Å². The van der Waals surface area contributed by atoms with Gasteiger partial charge < -0.3 is 4.57 Å². The summed E-state index contributed by atoms with van der Waals surface area (Å²) in [5.74, 6) is 0. The summed E-state index contributed by atoms with van der Waals surface area (Å²) in [7, 11) is -3.76. The van der Waals surface area contributed by atoms with Gasteiger partial charge in [-0.15, -0.1) is 0 Å². The highest BCUT2D eigenvalue weighted by Gasteiger charge is 2.17. The molecule has 0 amide bonds. The smallest absolute Gasteiger partial charge is 0.240 e. The van der Waals surface area contributed by atoms with E-state index in [2.05, 4.69) is 0 Å². The van der Waals surface area contributed by atoms with Gasteiger partial charge in [0.1, 0.15) is 4.90 Å². The van der Waals surface area contributed by atoms with E-state index in [0.717, 1.165) is 11.1 Å². The van der Waals surface area contributed by atoms with Crippen molar-refractivity contribution in [2.24, 2.45) is 5.14 Å². The van der Waals surface area contributed by atoms with E-state index in [1.54, 1.807) is 18.3 Å². The van der Waals surface area contributed by atoms with Crippen LogP contribution in [0.4, 0.5) is 0 Å². The lowest BCUT2D eigenvalue weighted by atomic mass is 10.2. The molecule has 0 aliphatic heterocycles. The second-order valence-corrected chi connectivity index (χ2v) is 6.71. The first-order valence-corrected chi connectivity index (χ1v) is 8.23. The molecule has 0 bridgehead atoms. The molecular formula is C15H13ClN2O2S. The SMILES string of the molecule is NS(=O)(=O)c1cn(Cc2ccccc2Cl)c2ccccc12. The molecule has 0 fully saturated rings. The number of primary sulfonamides is 1. The maximum Gasteiger partial charge on any atom is 0.240 e. The highest BCUT2D eigenvalue weighted by molar-refractivity contribution is 7.89. The first-order chi connectivity index (χ1) is 9.97. The van der Waals surface area contributed by atoms with Crippen LogP contribution in [0, 0.1) is 0 Å². The third-order valence-corrected chi connectivity index (χ3v) is 4.66. The summed E-state index contributed by atoms with van der Waals surface area (Å²) in [6.07, 6.45) is 1.56. The lowest BCUT2D eigenvalue weighted by Gasteiger charge is -2.07.